The molecule has 0 N–H and O–H groups in total. The molecule has 2 rings (SSSR count). The maximum Gasteiger partial charge on any atom is 0.255 e. The topological polar surface area (TPSA) is 23.6 Å². The standard InChI is InChI=1S/C15H20BrClN2O/c1-12-3-4-13(14(17)11-12)15(20)19-7-2-6-18(8-5-16)9-10-19/h3-4,11H,2,5-10H2,1H3. The zero-order valence-corrected chi connectivity index (χ0v) is 14.1. The highest BCUT2D eigenvalue weighted by atomic mass is 79.9. The molecule has 1 aromatic rings. The van der Waals surface area contributed by atoms with Crippen molar-refractivity contribution in [2.24, 2.45) is 0 Å². The van der Waals surface area contributed by atoms with E-state index in [0.717, 1.165) is 50.0 Å². The molecule has 1 aliphatic rings. The number of benzene rings is 1. The number of hydrogen-bond donors (Lipinski definition) is 0. The molecule has 1 amide bonds. The molecule has 0 radical (unpaired) electrons. The molecule has 1 aliphatic heterocycles. The molecule has 0 unspecified atom stereocenters. The first-order valence-electron chi connectivity index (χ1n) is 6.95. The molecule has 3 nitrogen and oxygen atoms in total. The van der Waals surface area contributed by atoms with E-state index in [1.54, 1.807) is 0 Å². The summed E-state index contributed by atoms with van der Waals surface area (Å²) >= 11 is 9.67. The quantitative estimate of drug-likeness (QED) is 0.774. The van der Waals surface area contributed by atoms with Crippen molar-refractivity contribution in [1.82, 2.24) is 9.80 Å². The monoisotopic (exact) mass is 358 g/mol. The predicted octanol–water partition coefficient (Wildman–Crippen LogP) is 3.19. The molecular weight excluding hydrogens is 340 g/mol. The Morgan fingerprint density at radius 1 is 1.30 bits per heavy atom. The van der Waals surface area contributed by atoms with E-state index in [9.17, 15) is 4.79 Å². The largest absolute Gasteiger partial charge is 0.337 e. The Morgan fingerprint density at radius 3 is 2.80 bits per heavy atom. The lowest BCUT2D eigenvalue weighted by Crippen LogP contribution is -2.35. The average Bonchev–Trinajstić information content (AvgIpc) is 2.64. The Balaban J connectivity index is 2.05. The maximum atomic E-state index is 12.6. The summed E-state index contributed by atoms with van der Waals surface area (Å²) in [5.41, 5.74) is 1.69. The summed E-state index contributed by atoms with van der Waals surface area (Å²) in [7, 11) is 0. The minimum atomic E-state index is 0.0516. The van der Waals surface area contributed by atoms with Crippen LogP contribution in [0, 0.1) is 6.92 Å². The first kappa shape index (κ1) is 15.8. The summed E-state index contributed by atoms with van der Waals surface area (Å²) < 4.78 is 0. The maximum absolute atomic E-state index is 12.6. The van der Waals surface area contributed by atoms with Gasteiger partial charge in [0.2, 0.25) is 0 Å². The van der Waals surface area contributed by atoms with Crippen LogP contribution in [0.25, 0.3) is 0 Å². The normalized spacial score (nSPS) is 17.1. The van der Waals surface area contributed by atoms with Crippen molar-refractivity contribution in [1.29, 1.82) is 0 Å². The van der Waals surface area contributed by atoms with E-state index in [1.165, 1.54) is 0 Å². The fourth-order valence-electron chi connectivity index (χ4n) is 2.48. The molecular formula is C15H20BrClN2O. The van der Waals surface area contributed by atoms with Gasteiger partial charge >= 0.3 is 0 Å². The van der Waals surface area contributed by atoms with Gasteiger partial charge in [0.1, 0.15) is 0 Å². The minimum absolute atomic E-state index is 0.0516. The molecule has 0 aliphatic carbocycles. The van der Waals surface area contributed by atoms with E-state index < -0.39 is 0 Å². The van der Waals surface area contributed by atoms with Gasteiger partial charge < -0.3 is 9.80 Å². The third-order valence-electron chi connectivity index (χ3n) is 3.63. The van der Waals surface area contributed by atoms with Crippen LogP contribution in [0.15, 0.2) is 18.2 Å². The van der Waals surface area contributed by atoms with Crippen LogP contribution in [0.3, 0.4) is 0 Å². The summed E-state index contributed by atoms with van der Waals surface area (Å²) in [6.07, 6.45) is 1.02. The minimum Gasteiger partial charge on any atom is -0.337 e. The molecule has 0 saturated carbocycles. The summed E-state index contributed by atoms with van der Waals surface area (Å²) in [6, 6.07) is 5.62. The summed E-state index contributed by atoms with van der Waals surface area (Å²) in [5, 5.41) is 1.53. The number of halogens is 2. The molecule has 110 valence electrons. The van der Waals surface area contributed by atoms with Gasteiger partial charge in [-0.05, 0) is 37.6 Å². The number of nitrogens with zero attached hydrogens (tertiary/aromatic N) is 2. The van der Waals surface area contributed by atoms with Crippen LogP contribution in [-0.4, -0.2) is 53.8 Å². The number of carbonyl (C=O) groups is 1. The Labute approximate surface area is 134 Å². The second-order valence-corrected chi connectivity index (χ2v) is 6.36. The fraction of sp³-hybridized carbons (Fsp3) is 0.533. The molecule has 0 atom stereocenters. The summed E-state index contributed by atoms with van der Waals surface area (Å²) in [4.78, 5) is 16.9. The van der Waals surface area contributed by atoms with Gasteiger partial charge in [0, 0.05) is 31.5 Å². The Morgan fingerprint density at radius 2 is 2.10 bits per heavy atom. The van der Waals surface area contributed by atoms with Gasteiger partial charge in [0.05, 0.1) is 10.6 Å². The second-order valence-electron chi connectivity index (χ2n) is 5.16. The lowest BCUT2D eigenvalue weighted by atomic mass is 10.1. The van der Waals surface area contributed by atoms with Gasteiger partial charge in [-0.15, -0.1) is 0 Å². The van der Waals surface area contributed by atoms with Crippen molar-refractivity contribution < 1.29 is 4.79 Å². The number of hydrogen-bond acceptors (Lipinski definition) is 2. The van der Waals surface area contributed by atoms with Crippen LogP contribution >= 0.6 is 27.5 Å². The molecule has 1 saturated heterocycles. The molecule has 5 heteroatoms. The molecule has 0 spiro atoms. The molecule has 0 aromatic heterocycles. The van der Waals surface area contributed by atoms with Gasteiger partial charge in [-0.3, -0.25) is 4.79 Å². The zero-order chi connectivity index (χ0) is 14.5. The van der Waals surface area contributed by atoms with Crippen LogP contribution in [0.1, 0.15) is 22.3 Å². The van der Waals surface area contributed by atoms with Crippen molar-refractivity contribution in [3.8, 4) is 0 Å². The third kappa shape index (κ3) is 3.96. The van der Waals surface area contributed by atoms with E-state index in [0.29, 0.717) is 10.6 Å². The van der Waals surface area contributed by atoms with E-state index in [4.69, 9.17) is 11.6 Å². The number of aryl methyl sites for hydroxylation is 1. The highest BCUT2D eigenvalue weighted by Crippen LogP contribution is 2.20. The zero-order valence-electron chi connectivity index (χ0n) is 11.7. The molecule has 1 fully saturated rings. The highest BCUT2D eigenvalue weighted by molar-refractivity contribution is 9.09. The van der Waals surface area contributed by atoms with Crippen molar-refractivity contribution >= 4 is 33.4 Å². The van der Waals surface area contributed by atoms with Crippen LogP contribution < -0.4 is 0 Å². The number of rotatable bonds is 3. The van der Waals surface area contributed by atoms with Crippen molar-refractivity contribution in [3.05, 3.63) is 34.3 Å². The van der Waals surface area contributed by atoms with Gasteiger partial charge in [-0.1, -0.05) is 33.6 Å². The SMILES string of the molecule is Cc1ccc(C(=O)N2CCCN(CCBr)CC2)c(Cl)c1. The average molecular weight is 360 g/mol. The third-order valence-corrected chi connectivity index (χ3v) is 4.30. The van der Waals surface area contributed by atoms with Crippen LogP contribution in [-0.2, 0) is 0 Å². The van der Waals surface area contributed by atoms with Gasteiger partial charge in [-0.25, -0.2) is 0 Å². The molecule has 1 aromatic carbocycles. The fourth-order valence-corrected chi connectivity index (χ4v) is 3.30. The van der Waals surface area contributed by atoms with E-state index in [2.05, 4.69) is 20.8 Å². The van der Waals surface area contributed by atoms with Crippen molar-refractivity contribution in [2.75, 3.05) is 38.1 Å². The Bertz CT molecular complexity index is 481. The van der Waals surface area contributed by atoms with E-state index in [-0.39, 0.29) is 5.91 Å². The smallest absolute Gasteiger partial charge is 0.255 e. The van der Waals surface area contributed by atoms with Crippen LogP contribution in [0.2, 0.25) is 5.02 Å². The Kier molecular flexibility index (Phi) is 5.87. The molecule has 0 bridgehead atoms. The number of amides is 1. The summed E-state index contributed by atoms with van der Waals surface area (Å²) in [5.74, 6) is 0.0516. The lowest BCUT2D eigenvalue weighted by molar-refractivity contribution is 0.0762. The lowest BCUT2D eigenvalue weighted by Gasteiger charge is -2.22. The molecule has 1 heterocycles. The number of alkyl halides is 1. The first-order chi connectivity index (χ1) is 9.61. The molecule has 20 heavy (non-hydrogen) atoms. The first-order valence-corrected chi connectivity index (χ1v) is 8.45. The number of carbonyl (C=O) groups excluding carboxylic acids is 1. The second kappa shape index (κ2) is 7.43. The van der Waals surface area contributed by atoms with E-state index in [1.807, 2.05) is 30.0 Å². The van der Waals surface area contributed by atoms with Gasteiger partial charge in [0.15, 0.2) is 0 Å². The highest BCUT2D eigenvalue weighted by Gasteiger charge is 2.21. The van der Waals surface area contributed by atoms with Gasteiger partial charge in [0.25, 0.3) is 5.91 Å². The van der Waals surface area contributed by atoms with Crippen LogP contribution in [0.4, 0.5) is 0 Å². The predicted molar refractivity (Wildman–Crippen MR) is 86.9 cm³/mol. The summed E-state index contributed by atoms with van der Waals surface area (Å²) in [6.45, 7) is 6.58. The van der Waals surface area contributed by atoms with Crippen molar-refractivity contribution in [2.45, 2.75) is 13.3 Å². The van der Waals surface area contributed by atoms with Crippen LogP contribution in [0.5, 0.6) is 0 Å². The van der Waals surface area contributed by atoms with Crippen molar-refractivity contribution in [3.63, 3.8) is 0 Å². The van der Waals surface area contributed by atoms with Gasteiger partial charge in [-0.2, -0.15) is 0 Å². The van der Waals surface area contributed by atoms with E-state index >= 15 is 0 Å². The Hall–Kier alpha value is -0.580.